The lowest BCUT2D eigenvalue weighted by Crippen LogP contribution is -2.15. The zero-order chi connectivity index (χ0) is 11.7. The Kier molecular flexibility index (Phi) is 7.28. The molecule has 0 fully saturated rings. The van der Waals surface area contributed by atoms with Gasteiger partial charge in [-0.25, -0.2) is 4.79 Å². The molecule has 0 rings (SSSR count). The summed E-state index contributed by atoms with van der Waals surface area (Å²) in [7, 11) is 0. The summed E-state index contributed by atoms with van der Waals surface area (Å²) in [5.41, 5.74) is 0.272. The van der Waals surface area contributed by atoms with E-state index in [0.29, 0.717) is 0 Å². The number of esters is 1. The number of aliphatic hydroxyl groups excluding tert-OH is 1. The summed E-state index contributed by atoms with van der Waals surface area (Å²) >= 11 is 0. The Morgan fingerprint density at radius 1 is 1.53 bits per heavy atom. The highest BCUT2D eigenvalue weighted by atomic mass is 16.6. The van der Waals surface area contributed by atoms with E-state index in [-0.39, 0.29) is 5.57 Å². The molecule has 0 heterocycles. The second kappa shape index (κ2) is 8.00. The standard InChI is InChI=1S/C12H18O3/c1-4-5-6-7-8-9-11(13)15-12(14)10(2)3/h4,8-9,11,13H,1-2,5-7H2,3H3/b9-8+. The lowest BCUT2D eigenvalue weighted by atomic mass is 10.2. The minimum absolute atomic E-state index is 0.272. The monoisotopic (exact) mass is 210 g/mol. The SMILES string of the molecule is C=CCCC/C=C/C(O)OC(=O)C(=C)C. The van der Waals surface area contributed by atoms with E-state index in [2.05, 4.69) is 17.9 Å². The Hall–Kier alpha value is -1.35. The fourth-order valence-electron chi connectivity index (χ4n) is 0.842. The normalized spacial score (nSPS) is 12.4. The van der Waals surface area contributed by atoms with Gasteiger partial charge in [0, 0.05) is 5.57 Å². The number of aliphatic hydroxyl groups is 1. The molecule has 3 heteroatoms. The summed E-state index contributed by atoms with van der Waals surface area (Å²) < 4.78 is 4.63. The third kappa shape index (κ3) is 7.70. The summed E-state index contributed by atoms with van der Waals surface area (Å²) in [5, 5.41) is 9.23. The lowest BCUT2D eigenvalue weighted by Gasteiger charge is -2.07. The number of rotatable bonds is 7. The van der Waals surface area contributed by atoms with Gasteiger partial charge in [-0.2, -0.15) is 0 Å². The van der Waals surface area contributed by atoms with Crippen LogP contribution in [-0.2, 0) is 9.53 Å². The zero-order valence-electron chi connectivity index (χ0n) is 9.11. The molecule has 0 aromatic carbocycles. The maximum atomic E-state index is 11.0. The van der Waals surface area contributed by atoms with Crippen LogP contribution in [0.25, 0.3) is 0 Å². The van der Waals surface area contributed by atoms with Crippen LogP contribution in [0, 0.1) is 0 Å². The van der Waals surface area contributed by atoms with E-state index in [1.165, 1.54) is 13.0 Å². The van der Waals surface area contributed by atoms with Gasteiger partial charge >= 0.3 is 5.97 Å². The average molecular weight is 210 g/mol. The highest BCUT2D eigenvalue weighted by Crippen LogP contribution is 2.01. The van der Waals surface area contributed by atoms with Crippen LogP contribution in [0.4, 0.5) is 0 Å². The average Bonchev–Trinajstić information content (AvgIpc) is 2.17. The predicted octanol–water partition coefficient (Wildman–Crippen LogP) is 2.34. The smallest absolute Gasteiger partial charge is 0.335 e. The van der Waals surface area contributed by atoms with Crippen molar-refractivity contribution in [2.75, 3.05) is 0 Å². The molecule has 1 unspecified atom stereocenters. The number of allylic oxidation sites excluding steroid dienone is 2. The number of ether oxygens (including phenoxy) is 1. The quantitative estimate of drug-likeness (QED) is 0.231. The van der Waals surface area contributed by atoms with E-state index < -0.39 is 12.3 Å². The van der Waals surface area contributed by atoms with Crippen molar-refractivity contribution in [1.82, 2.24) is 0 Å². The van der Waals surface area contributed by atoms with Gasteiger partial charge in [0.05, 0.1) is 0 Å². The fraction of sp³-hybridized carbons (Fsp3) is 0.417. The molecule has 1 atom stereocenters. The van der Waals surface area contributed by atoms with Gasteiger partial charge in [-0.15, -0.1) is 6.58 Å². The molecule has 0 amide bonds. The molecule has 0 spiro atoms. The topological polar surface area (TPSA) is 46.5 Å². The molecule has 0 aliphatic heterocycles. The molecular formula is C12H18O3. The first kappa shape index (κ1) is 13.7. The first-order valence-electron chi connectivity index (χ1n) is 4.90. The summed E-state index contributed by atoms with van der Waals surface area (Å²) in [6, 6.07) is 0. The maximum absolute atomic E-state index is 11.0. The van der Waals surface area contributed by atoms with Crippen molar-refractivity contribution in [2.24, 2.45) is 0 Å². The number of unbranched alkanes of at least 4 members (excludes halogenated alkanes) is 2. The number of hydrogen-bond donors (Lipinski definition) is 1. The van der Waals surface area contributed by atoms with Crippen molar-refractivity contribution in [3.63, 3.8) is 0 Å². The molecule has 0 aliphatic rings. The number of hydrogen-bond acceptors (Lipinski definition) is 3. The molecular weight excluding hydrogens is 192 g/mol. The van der Waals surface area contributed by atoms with Gasteiger partial charge in [0.1, 0.15) is 0 Å². The van der Waals surface area contributed by atoms with E-state index >= 15 is 0 Å². The third-order valence-electron chi connectivity index (χ3n) is 1.66. The Labute approximate surface area is 90.8 Å². The molecule has 0 saturated heterocycles. The highest BCUT2D eigenvalue weighted by molar-refractivity contribution is 5.87. The maximum Gasteiger partial charge on any atom is 0.335 e. The van der Waals surface area contributed by atoms with Crippen LogP contribution in [-0.4, -0.2) is 17.4 Å². The van der Waals surface area contributed by atoms with Crippen molar-refractivity contribution in [2.45, 2.75) is 32.5 Å². The Morgan fingerprint density at radius 2 is 2.20 bits per heavy atom. The first-order chi connectivity index (χ1) is 7.07. The molecule has 0 bridgehead atoms. The van der Waals surface area contributed by atoms with E-state index in [9.17, 15) is 9.90 Å². The van der Waals surface area contributed by atoms with Crippen LogP contribution in [0.5, 0.6) is 0 Å². The Balaban J connectivity index is 3.72. The highest BCUT2D eigenvalue weighted by Gasteiger charge is 2.07. The number of carbonyl (C=O) groups is 1. The van der Waals surface area contributed by atoms with Crippen molar-refractivity contribution >= 4 is 5.97 Å². The van der Waals surface area contributed by atoms with Gasteiger partial charge < -0.3 is 9.84 Å². The van der Waals surface area contributed by atoms with E-state index in [1.54, 1.807) is 6.08 Å². The Morgan fingerprint density at radius 3 is 2.73 bits per heavy atom. The molecule has 0 radical (unpaired) electrons. The molecule has 84 valence electrons. The zero-order valence-corrected chi connectivity index (χ0v) is 9.11. The van der Waals surface area contributed by atoms with E-state index in [1.807, 2.05) is 6.08 Å². The molecule has 15 heavy (non-hydrogen) atoms. The second-order valence-electron chi connectivity index (χ2n) is 3.22. The van der Waals surface area contributed by atoms with Crippen LogP contribution in [0.15, 0.2) is 37.0 Å². The van der Waals surface area contributed by atoms with Crippen molar-refractivity contribution in [3.05, 3.63) is 37.0 Å². The van der Waals surface area contributed by atoms with Crippen LogP contribution in [0.3, 0.4) is 0 Å². The van der Waals surface area contributed by atoms with Crippen LogP contribution in [0.2, 0.25) is 0 Å². The van der Waals surface area contributed by atoms with Crippen molar-refractivity contribution in [1.29, 1.82) is 0 Å². The summed E-state index contributed by atoms with van der Waals surface area (Å²) in [4.78, 5) is 11.0. The predicted molar refractivity (Wildman–Crippen MR) is 60.1 cm³/mol. The molecule has 0 aliphatic carbocycles. The van der Waals surface area contributed by atoms with E-state index in [4.69, 9.17) is 0 Å². The first-order valence-corrected chi connectivity index (χ1v) is 4.90. The van der Waals surface area contributed by atoms with Crippen LogP contribution >= 0.6 is 0 Å². The van der Waals surface area contributed by atoms with Gasteiger partial charge in [0.15, 0.2) is 0 Å². The van der Waals surface area contributed by atoms with Crippen LogP contribution in [0.1, 0.15) is 26.2 Å². The summed E-state index contributed by atoms with van der Waals surface area (Å²) in [6.07, 6.45) is 6.62. The molecule has 0 aromatic rings. The molecule has 1 N–H and O–H groups in total. The molecule has 0 aromatic heterocycles. The minimum atomic E-state index is -1.18. The third-order valence-corrected chi connectivity index (χ3v) is 1.66. The van der Waals surface area contributed by atoms with Gasteiger partial charge in [0.25, 0.3) is 0 Å². The van der Waals surface area contributed by atoms with Gasteiger partial charge in [-0.05, 0) is 32.3 Å². The largest absolute Gasteiger partial charge is 0.429 e. The molecule has 3 nitrogen and oxygen atoms in total. The minimum Gasteiger partial charge on any atom is -0.429 e. The fourth-order valence-corrected chi connectivity index (χ4v) is 0.842. The van der Waals surface area contributed by atoms with Crippen molar-refractivity contribution < 1.29 is 14.6 Å². The van der Waals surface area contributed by atoms with Gasteiger partial charge in [0.2, 0.25) is 6.29 Å². The van der Waals surface area contributed by atoms with Gasteiger partial charge in [-0.3, -0.25) is 0 Å². The van der Waals surface area contributed by atoms with Gasteiger partial charge in [-0.1, -0.05) is 18.7 Å². The summed E-state index contributed by atoms with van der Waals surface area (Å²) in [5.74, 6) is -0.585. The lowest BCUT2D eigenvalue weighted by molar-refractivity contribution is -0.155. The summed E-state index contributed by atoms with van der Waals surface area (Å²) in [6.45, 7) is 8.54. The van der Waals surface area contributed by atoms with E-state index in [0.717, 1.165) is 19.3 Å². The molecule has 0 saturated carbocycles. The van der Waals surface area contributed by atoms with Crippen LogP contribution < -0.4 is 0 Å². The number of carbonyl (C=O) groups excluding carboxylic acids is 1. The Bertz CT molecular complexity index is 254. The van der Waals surface area contributed by atoms with Crippen molar-refractivity contribution in [3.8, 4) is 0 Å². The second-order valence-corrected chi connectivity index (χ2v) is 3.22.